The summed E-state index contributed by atoms with van der Waals surface area (Å²) in [6, 6.07) is 0.593. The lowest BCUT2D eigenvalue weighted by atomic mass is 10.1. The molecule has 4 nitrogen and oxygen atoms in total. The third kappa shape index (κ3) is 1.68. The Morgan fingerprint density at radius 1 is 1.47 bits per heavy atom. The fourth-order valence-electron chi connectivity index (χ4n) is 2.60. The number of aromatic nitrogens is 2. The van der Waals surface area contributed by atoms with Gasteiger partial charge in [-0.15, -0.1) is 0 Å². The number of nitrogens with two attached hydrogens (primary N) is 1. The van der Waals surface area contributed by atoms with E-state index in [1.165, 1.54) is 18.7 Å². The van der Waals surface area contributed by atoms with E-state index in [0.29, 0.717) is 6.04 Å². The fourth-order valence-corrected chi connectivity index (χ4v) is 2.60. The molecule has 2 N–H and O–H groups in total. The van der Waals surface area contributed by atoms with Crippen molar-refractivity contribution < 1.29 is 0 Å². The Balaban J connectivity index is 1.74. The summed E-state index contributed by atoms with van der Waals surface area (Å²) in [5.74, 6) is 2.05. The van der Waals surface area contributed by atoms with Gasteiger partial charge in [-0.1, -0.05) is 0 Å². The van der Waals surface area contributed by atoms with Crippen LogP contribution in [0.3, 0.4) is 0 Å². The molecule has 0 aromatic carbocycles. The average molecular weight is 206 g/mol. The standard InChI is InChI=1S/C11H18N4/c12-7-10(9-1-2-9)15-6-5-14-4-3-13-11(14)8-15/h3-4,9-10H,1-2,5-8,12H2. The van der Waals surface area contributed by atoms with Crippen molar-refractivity contribution in [2.45, 2.75) is 32.0 Å². The van der Waals surface area contributed by atoms with Crippen LogP contribution in [-0.4, -0.2) is 33.6 Å². The average Bonchev–Trinajstić information content (AvgIpc) is 2.97. The van der Waals surface area contributed by atoms with Crippen LogP contribution in [0.2, 0.25) is 0 Å². The van der Waals surface area contributed by atoms with Crippen LogP contribution >= 0.6 is 0 Å². The van der Waals surface area contributed by atoms with Gasteiger partial charge in [0.15, 0.2) is 0 Å². The van der Waals surface area contributed by atoms with Gasteiger partial charge in [0.05, 0.1) is 6.54 Å². The summed E-state index contributed by atoms with van der Waals surface area (Å²) in [5, 5.41) is 0. The van der Waals surface area contributed by atoms with Crippen molar-refractivity contribution >= 4 is 0 Å². The Kier molecular flexibility index (Phi) is 2.25. The number of imidazole rings is 1. The highest BCUT2D eigenvalue weighted by atomic mass is 15.3. The second kappa shape index (κ2) is 3.61. The van der Waals surface area contributed by atoms with Gasteiger partial charge in [0.2, 0.25) is 0 Å². The monoisotopic (exact) mass is 206 g/mol. The SMILES string of the molecule is NCC(C1CC1)N1CCn2ccnc2C1. The smallest absolute Gasteiger partial charge is 0.122 e. The first-order valence-corrected chi connectivity index (χ1v) is 5.82. The molecule has 1 unspecified atom stereocenters. The van der Waals surface area contributed by atoms with Crippen LogP contribution < -0.4 is 5.73 Å². The highest BCUT2D eigenvalue weighted by Gasteiger charge is 2.35. The molecule has 1 atom stereocenters. The van der Waals surface area contributed by atoms with E-state index in [1.54, 1.807) is 0 Å². The normalized spacial score (nSPS) is 23.8. The van der Waals surface area contributed by atoms with Crippen molar-refractivity contribution in [3.05, 3.63) is 18.2 Å². The molecule has 0 spiro atoms. The van der Waals surface area contributed by atoms with Crippen LogP contribution in [0.1, 0.15) is 18.7 Å². The maximum atomic E-state index is 5.87. The Labute approximate surface area is 90.1 Å². The minimum atomic E-state index is 0.593. The molecule has 0 amide bonds. The van der Waals surface area contributed by atoms with Crippen LogP contribution in [0.25, 0.3) is 0 Å². The van der Waals surface area contributed by atoms with Gasteiger partial charge in [0.1, 0.15) is 5.82 Å². The van der Waals surface area contributed by atoms with Crippen LogP contribution in [0.4, 0.5) is 0 Å². The molecule has 1 aliphatic carbocycles. The van der Waals surface area contributed by atoms with E-state index in [2.05, 4.69) is 20.6 Å². The van der Waals surface area contributed by atoms with Crippen LogP contribution in [-0.2, 0) is 13.1 Å². The van der Waals surface area contributed by atoms with Crippen LogP contribution in [0, 0.1) is 5.92 Å². The molecule has 82 valence electrons. The zero-order valence-electron chi connectivity index (χ0n) is 8.97. The van der Waals surface area contributed by atoms with Crippen molar-refractivity contribution in [2.75, 3.05) is 13.1 Å². The lowest BCUT2D eigenvalue weighted by Crippen LogP contribution is -2.46. The van der Waals surface area contributed by atoms with Crippen molar-refractivity contribution in [3.8, 4) is 0 Å². The molecule has 0 saturated heterocycles. The summed E-state index contributed by atoms with van der Waals surface area (Å²) < 4.78 is 2.25. The first kappa shape index (κ1) is 9.36. The van der Waals surface area contributed by atoms with Gasteiger partial charge in [-0.25, -0.2) is 4.98 Å². The molecule has 1 aromatic heterocycles. The Morgan fingerprint density at radius 2 is 2.33 bits per heavy atom. The number of nitrogens with zero attached hydrogens (tertiary/aromatic N) is 3. The summed E-state index contributed by atoms with van der Waals surface area (Å²) in [7, 11) is 0. The molecule has 15 heavy (non-hydrogen) atoms. The van der Waals surface area contributed by atoms with Gasteiger partial charge in [0, 0.05) is 38.1 Å². The van der Waals surface area contributed by atoms with E-state index in [9.17, 15) is 0 Å². The number of rotatable bonds is 3. The van der Waals surface area contributed by atoms with Gasteiger partial charge >= 0.3 is 0 Å². The molecule has 1 fully saturated rings. The quantitative estimate of drug-likeness (QED) is 0.780. The second-order valence-corrected chi connectivity index (χ2v) is 4.65. The Bertz CT molecular complexity index is 342. The van der Waals surface area contributed by atoms with Gasteiger partial charge in [-0.3, -0.25) is 4.90 Å². The third-order valence-corrected chi connectivity index (χ3v) is 3.65. The summed E-state index contributed by atoms with van der Waals surface area (Å²) in [4.78, 5) is 6.90. The second-order valence-electron chi connectivity index (χ2n) is 4.65. The highest BCUT2D eigenvalue weighted by Crippen LogP contribution is 2.35. The molecule has 0 bridgehead atoms. The molecular weight excluding hydrogens is 188 g/mol. The number of fused-ring (bicyclic) bond motifs is 1. The zero-order valence-corrected chi connectivity index (χ0v) is 8.97. The predicted molar refractivity (Wildman–Crippen MR) is 58.2 cm³/mol. The molecule has 2 heterocycles. The summed E-state index contributed by atoms with van der Waals surface area (Å²) >= 11 is 0. The van der Waals surface area contributed by atoms with Gasteiger partial charge < -0.3 is 10.3 Å². The predicted octanol–water partition coefficient (Wildman–Crippen LogP) is 0.436. The first-order chi connectivity index (χ1) is 7.38. The number of hydrogen-bond donors (Lipinski definition) is 1. The van der Waals surface area contributed by atoms with Crippen molar-refractivity contribution in [1.29, 1.82) is 0 Å². The molecule has 2 aliphatic rings. The number of hydrogen-bond acceptors (Lipinski definition) is 3. The van der Waals surface area contributed by atoms with Gasteiger partial charge in [-0.2, -0.15) is 0 Å². The largest absolute Gasteiger partial charge is 0.333 e. The zero-order chi connectivity index (χ0) is 10.3. The minimum Gasteiger partial charge on any atom is -0.333 e. The van der Waals surface area contributed by atoms with Gasteiger partial charge in [0.25, 0.3) is 0 Å². The highest BCUT2D eigenvalue weighted by molar-refractivity contribution is 4.99. The molecule has 1 saturated carbocycles. The van der Waals surface area contributed by atoms with E-state index in [4.69, 9.17) is 5.73 Å². The molecule has 3 rings (SSSR count). The Morgan fingerprint density at radius 3 is 3.07 bits per heavy atom. The van der Waals surface area contributed by atoms with Crippen LogP contribution in [0.5, 0.6) is 0 Å². The van der Waals surface area contributed by atoms with E-state index in [1.807, 2.05) is 6.20 Å². The van der Waals surface area contributed by atoms with E-state index in [0.717, 1.165) is 32.1 Å². The summed E-state index contributed by atoms with van der Waals surface area (Å²) in [5.41, 5.74) is 5.87. The maximum absolute atomic E-state index is 5.87. The topological polar surface area (TPSA) is 47.1 Å². The molecule has 4 heteroatoms. The van der Waals surface area contributed by atoms with Crippen molar-refractivity contribution in [3.63, 3.8) is 0 Å². The molecule has 1 aliphatic heterocycles. The molecule has 1 aromatic rings. The summed E-state index contributed by atoms with van der Waals surface area (Å²) in [6.45, 7) is 3.97. The minimum absolute atomic E-state index is 0.593. The fraction of sp³-hybridized carbons (Fsp3) is 0.727. The van der Waals surface area contributed by atoms with E-state index < -0.39 is 0 Å². The Hall–Kier alpha value is -0.870. The van der Waals surface area contributed by atoms with E-state index >= 15 is 0 Å². The maximum Gasteiger partial charge on any atom is 0.122 e. The first-order valence-electron chi connectivity index (χ1n) is 5.82. The van der Waals surface area contributed by atoms with Crippen molar-refractivity contribution in [2.24, 2.45) is 11.7 Å². The lowest BCUT2D eigenvalue weighted by Gasteiger charge is -2.34. The molecule has 0 radical (unpaired) electrons. The lowest BCUT2D eigenvalue weighted by molar-refractivity contribution is 0.140. The summed E-state index contributed by atoms with van der Waals surface area (Å²) in [6.07, 6.45) is 6.70. The van der Waals surface area contributed by atoms with Crippen molar-refractivity contribution in [1.82, 2.24) is 14.5 Å². The van der Waals surface area contributed by atoms with Crippen LogP contribution in [0.15, 0.2) is 12.4 Å². The van der Waals surface area contributed by atoms with Gasteiger partial charge in [-0.05, 0) is 18.8 Å². The van der Waals surface area contributed by atoms with E-state index in [-0.39, 0.29) is 0 Å². The molecular formula is C11H18N4. The third-order valence-electron chi connectivity index (χ3n) is 3.65.